The zero-order valence-corrected chi connectivity index (χ0v) is 8.85. The molecule has 0 nitrogen and oxygen atoms in total. The molecule has 0 aromatic carbocycles. The quantitative estimate of drug-likeness (QED) is 0.562. The molecule has 0 heterocycles. The molecule has 0 spiro atoms. The summed E-state index contributed by atoms with van der Waals surface area (Å²) in [6.07, 6.45) is 4.09. The molecule has 12 heavy (non-hydrogen) atoms. The van der Waals surface area contributed by atoms with E-state index in [-0.39, 0.29) is 7.43 Å². The van der Waals surface area contributed by atoms with Crippen molar-refractivity contribution in [1.82, 2.24) is 0 Å². The standard InChI is InChI=1S/C11H24.CH4/c1-6-8-11(9(3)4)10(5)7-2;/h9-11H,6-8H2,1-5H3;1H4/t10-,11+;/m1./s1. The number of rotatable bonds is 5. The van der Waals surface area contributed by atoms with Crippen molar-refractivity contribution in [3.05, 3.63) is 0 Å². The predicted octanol–water partition coefficient (Wildman–Crippen LogP) is 4.74. The monoisotopic (exact) mass is 172 g/mol. The third kappa shape index (κ3) is 4.79. The van der Waals surface area contributed by atoms with Crippen LogP contribution in [0.3, 0.4) is 0 Å². The van der Waals surface area contributed by atoms with Crippen molar-refractivity contribution in [2.24, 2.45) is 17.8 Å². The summed E-state index contributed by atoms with van der Waals surface area (Å²) in [5.74, 6) is 2.73. The van der Waals surface area contributed by atoms with E-state index in [0.29, 0.717) is 0 Å². The van der Waals surface area contributed by atoms with Gasteiger partial charge in [-0.1, -0.05) is 61.3 Å². The summed E-state index contributed by atoms with van der Waals surface area (Å²) < 4.78 is 0. The highest BCUT2D eigenvalue weighted by Crippen LogP contribution is 2.27. The molecule has 0 aromatic heterocycles. The third-order valence-electron chi connectivity index (χ3n) is 2.85. The van der Waals surface area contributed by atoms with E-state index in [4.69, 9.17) is 0 Å². The van der Waals surface area contributed by atoms with Gasteiger partial charge in [-0.25, -0.2) is 0 Å². The second-order valence-electron chi connectivity index (χ2n) is 4.08. The minimum Gasteiger partial charge on any atom is -0.0776 e. The average Bonchev–Trinajstić information content (AvgIpc) is 1.98. The van der Waals surface area contributed by atoms with E-state index in [2.05, 4.69) is 34.6 Å². The summed E-state index contributed by atoms with van der Waals surface area (Å²) in [6.45, 7) is 11.7. The van der Waals surface area contributed by atoms with Crippen LogP contribution in [0.15, 0.2) is 0 Å². The normalized spacial score (nSPS) is 15.5. The molecule has 0 amide bonds. The molecule has 0 fully saturated rings. The zero-order valence-electron chi connectivity index (χ0n) is 8.85. The smallest absolute Gasteiger partial charge is 0.0366 e. The first-order valence-corrected chi connectivity index (χ1v) is 5.13. The fourth-order valence-electron chi connectivity index (χ4n) is 1.91. The minimum atomic E-state index is 0. The minimum absolute atomic E-state index is 0. The Bertz CT molecular complexity index is 84.0. The largest absolute Gasteiger partial charge is 0.0776 e. The Morgan fingerprint density at radius 2 is 1.50 bits per heavy atom. The highest BCUT2D eigenvalue weighted by atomic mass is 14.2. The maximum Gasteiger partial charge on any atom is -0.0366 e. The Hall–Kier alpha value is 0. The fraction of sp³-hybridized carbons (Fsp3) is 1.00. The number of hydrogen-bond donors (Lipinski definition) is 0. The fourth-order valence-corrected chi connectivity index (χ4v) is 1.91. The van der Waals surface area contributed by atoms with Crippen LogP contribution in [0.4, 0.5) is 0 Å². The molecule has 0 saturated carbocycles. The Kier molecular flexibility index (Phi) is 9.24. The Morgan fingerprint density at radius 3 is 1.75 bits per heavy atom. The Morgan fingerprint density at radius 1 is 1.00 bits per heavy atom. The molecular weight excluding hydrogens is 144 g/mol. The summed E-state index contributed by atoms with van der Waals surface area (Å²) in [7, 11) is 0. The highest BCUT2D eigenvalue weighted by molar-refractivity contribution is 4.67. The molecule has 0 saturated heterocycles. The zero-order chi connectivity index (χ0) is 8.85. The van der Waals surface area contributed by atoms with Gasteiger partial charge >= 0.3 is 0 Å². The molecule has 0 aliphatic rings. The molecule has 76 valence electrons. The SMILES string of the molecule is C.CCC[C@@H](C(C)C)[C@H](C)CC. The lowest BCUT2D eigenvalue weighted by molar-refractivity contribution is 0.245. The van der Waals surface area contributed by atoms with Crippen LogP contribution >= 0.6 is 0 Å². The van der Waals surface area contributed by atoms with E-state index in [9.17, 15) is 0 Å². The summed E-state index contributed by atoms with van der Waals surface area (Å²) in [4.78, 5) is 0. The molecule has 2 atom stereocenters. The van der Waals surface area contributed by atoms with Crippen molar-refractivity contribution in [2.75, 3.05) is 0 Å². The van der Waals surface area contributed by atoms with Crippen LogP contribution in [-0.4, -0.2) is 0 Å². The van der Waals surface area contributed by atoms with Crippen LogP contribution in [0.25, 0.3) is 0 Å². The van der Waals surface area contributed by atoms with Crippen LogP contribution < -0.4 is 0 Å². The molecule has 0 rings (SSSR count). The van der Waals surface area contributed by atoms with Gasteiger partial charge in [-0.2, -0.15) is 0 Å². The topological polar surface area (TPSA) is 0 Å². The van der Waals surface area contributed by atoms with Gasteiger partial charge in [-0.15, -0.1) is 0 Å². The van der Waals surface area contributed by atoms with Crippen LogP contribution in [-0.2, 0) is 0 Å². The van der Waals surface area contributed by atoms with Gasteiger partial charge in [0.05, 0.1) is 0 Å². The molecule has 0 aliphatic carbocycles. The first-order chi connectivity index (χ1) is 5.13. The van der Waals surface area contributed by atoms with E-state index >= 15 is 0 Å². The second kappa shape index (κ2) is 7.64. The van der Waals surface area contributed by atoms with Crippen LogP contribution in [0, 0.1) is 17.8 Å². The molecule has 0 aliphatic heterocycles. The van der Waals surface area contributed by atoms with Crippen LogP contribution in [0.1, 0.15) is 61.3 Å². The van der Waals surface area contributed by atoms with Crippen molar-refractivity contribution in [3.63, 3.8) is 0 Å². The van der Waals surface area contributed by atoms with E-state index in [0.717, 1.165) is 17.8 Å². The molecule has 0 heteroatoms. The molecular formula is C12H28. The Balaban J connectivity index is 0. The lowest BCUT2D eigenvalue weighted by Gasteiger charge is -2.26. The van der Waals surface area contributed by atoms with E-state index in [1.165, 1.54) is 19.3 Å². The van der Waals surface area contributed by atoms with Gasteiger partial charge in [0.2, 0.25) is 0 Å². The van der Waals surface area contributed by atoms with Gasteiger partial charge in [-0.05, 0) is 17.8 Å². The van der Waals surface area contributed by atoms with Crippen LogP contribution in [0.5, 0.6) is 0 Å². The lowest BCUT2D eigenvalue weighted by Crippen LogP contribution is -2.16. The lowest BCUT2D eigenvalue weighted by atomic mass is 9.80. The van der Waals surface area contributed by atoms with Gasteiger partial charge < -0.3 is 0 Å². The van der Waals surface area contributed by atoms with Crippen molar-refractivity contribution in [2.45, 2.75) is 61.3 Å². The van der Waals surface area contributed by atoms with Crippen molar-refractivity contribution < 1.29 is 0 Å². The predicted molar refractivity (Wildman–Crippen MR) is 59.4 cm³/mol. The van der Waals surface area contributed by atoms with Gasteiger partial charge in [0.1, 0.15) is 0 Å². The third-order valence-corrected chi connectivity index (χ3v) is 2.85. The summed E-state index contributed by atoms with van der Waals surface area (Å²) >= 11 is 0. The molecule has 0 bridgehead atoms. The molecule has 0 radical (unpaired) electrons. The van der Waals surface area contributed by atoms with Crippen molar-refractivity contribution >= 4 is 0 Å². The Labute approximate surface area is 79.8 Å². The number of hydrogen-bond acceptors (Lipinski definition) is 0. The van der Waals surface area contributed by atoms with Gasteiger partial charge in [0.25, 0.3) is 0 Å². The van der Waals surface area contributed by atoms with Gasteiger partial charge in [0, 0.05) is 0 Å². The second-order valence-corrected chi connectivity index (χ2v) is 4.08. The average molecular weight is 172 g/mol. The van der Waals surface area contributed by atoms with Crippen molar-refractivity contribution in [1.29, 1.82) is 0 Å². The molecule has 0 N–H and O–H groups in total. The summed E-state index contributed by atoms with van der Waals surface area (Å²) in [6, 6.07) is 0. The maximum absolute atomic E-state index is 2.39. The van der Waals surface area contributed by atoms with Gasteiger partial charge in [0.15, 0.2) is 0 Å². The first kappa shape index (κ1) is 14.5. The van der Waals surface area contributed by atoms with Gasteiger partial charge in [-0.3, -0.25) is 0 Å². The van der Waals surface area contributed by atoms with E-state index < -0.39 is 0 Å². The van der Waals surface area contributed by atoms with E-state index in [1.807, 2.05) is 0 Å². The van der Waals surface area contributed by atoms with Crippen LogP contribution in [0.2, 0.25) is 0 Å². The molecule has 0 unspecified atom stereocenters. The maximum atomic E-state index is 2.39. The summed E-state index contributed by atoms with van der Waals surface area (Å²) in [5, 5.41) is 0. The summed E-state index contributed by atoms with van der Waals surface area (Å²) in [5.41, 5.74) is 0. The van der Waals surface area contributed by atoms with Crippen molar-refractivity contribution in [3.8, 4) is 0 Å². The highest BCUT2D eigenvalue weighted by Gasteiger charge is 2.17. The first-order valence-electron chi connectivity index (χ1n) is 5.13. The molecule has 0 aromatic rings. The van der Waals surface area contributed by atoms with E-state index in [1.54, 1.807) is 0 Å².